The Morgan fingerprint density at radius 2 is 1.89 bits per heavy atom. The number of carbonyl (C=O) groups excluding carboxylic acids is 1. The number of hydrogen-bond acceptors (Lipinski definition) is 7. The fourth-order valence-corrected chi connectivity index (χ4v) is 3.74. The Kier molecular flexibility index (Phi) is 6.15. The average molecular weight is 401 g/mol. The molecule has 2 heterocycles. The summed E-state index contributed by atoms with van der Waals surface area (Å²) in [4.78, 5) is 14.9. The molecule has 0 atom stereocenters. The van der Waals surface area contributed by atoms with E-state index in [0.29, 0.717) is 28.0 Å². The minimum Gasteiger partial charge on any atom is -0.493 e. The molecule has 0 aliphatic rings. The van der Waals surface area contributed by atoms with Gasteiger partial charge in [0.2, 0.25) is 10.3 Å². The number of aromatic nitrogens is 3. The highest BCUT2D eigenvalue weighted by molar-refractivity contribution is 7.17. The maximum atomic E-state index is 12.8. The molecule has 0 unspecified atom stereocenters. The van der Waals surface area contributed by atoms with E-state index in [4.69, 9.17) is 9.47 Å². The van der Waals surface area contributed by atoms with Gasteiger partial charge in [0.15, 0.2) is 11.5 Å². The first-order chi connectivity index (χ1) is 13.6. The van der Waals surface area contributed by atoms with Gasteiger partial charge in [-0.3, -0.25) is 9.36 Å². The van der Waals surface area contributed by atoms with Crippen molar-refractivity contribution < 1.29 is 14.3 Å². The van der Waals surface area contributed by atoms with Gasteiger partial charge in [0.1, 0.15) is 5.69 Å². The highest BCUT2D eigenvalue weighted by Gasteiger charge is 2.17. The highest BCUT2D eigenvalue weighted by Crippen LogP contribution is 2.30. The summed E-state index contributed by atoms with van der Waals surface area (Å²) in [5.41, 5.74) is 1.08. The number of nitrogens with zero attached hydrogens (tertiary/aromatic N) is 4. The smallest absolute Gasteiger partial charge is 0.272 e. The molecular weight excluding hydrogens is 378 g/mol. The topological polar surface area (TPSA) is 81.5 Å². The Hall–Kier alpha value is -3.07. The van der Waals surface area contributed by atoms with E-state index in [1.165, 1.54) is 11.3 Å². The Labute approximate surface area is 167 Å². The van der Waals surface area contributed by atoms with Gasteiger partial charge in [0.25, 0.3) is 5.91 Å². The van der Waals surface area contributed by atoms with Crippen molar-refractivity contribution in [1.82, 2.24) is 14.8 Å². The zero-order valence-electron chi connectivity index (χ0n) is 16.3. The van der Waals surface area contributed by atoms with Crippen LogP contribution in [-0.4, -0.2) is 48.0 Å². The van der Waals surface area contributed by atoms with Gasteiger partial charge < -0.3 is 19.7 Å². The summed E-state index contributed by atoms with van der Waals surface area (Å²) < 4.78 is 12.2. The molecule has 1 amide bonds. The minimum atomic E-state index is -0.253. The van der Waals surface area contributed by atoms with E-state index in [9.17, 15) is 4.79 Å². The molecule has 1 N–H and O–H groups in total. The van der Waals surface area contributed by atoms with Crippen molar-refractivity contribution in [2.45, 2.75) is 13.8 Å². The van der Waals surface area contributed by atoms with E-state index in [1.807, 2.05) is 6.07 Å². The number of amides is 1. The third kappa shape index (κ3) is 3.94. The summed E-state index contributed by atoms with van der Waals surface area (Å²) in [5, 5.41) is 12.9. The SMILES string of the molecule is CCN(CC)c1nnc(-n2cccc2C(=O)Nc2ccc(OC)c(OC)c2)s1. The first-order valence-electron chi connectivity index (χ1n) is 8.90. The largest absolute Gasteiger partial charge is 0.493 e. The molecular formula is C19H23N5O3S. The standard InChI is InChI=1S/C19H23N5O3S/c1-5-23(6-2)18-21-22-19(28-18)24-11-7-8-14(24)17(25)20-13-9-10-15(26-3)16(12-13)27-4/h7-12H,5-6H2,1-4H3,(H,20,25). The molecule has 9 heteroatoms. The summed E-state index contributed by atoms with van der Waals surface area (Å²) in [7, 11) is 3.12. The van der Waals surface area contributed by atoms with Crippen molar-refractivity contribution >= 4 is 28.1 Å². The van der Waals surface area contributed by atoms with Gasteiger partial charge in [0, 0.05) is 31.0 Å². The molecule has 28 heavy (non-hydrogen) atoms. The second kappa shape index (κ2) is 8.75. The average Bonchev–Trinajstić information content (AvgIpc) is 3.38. The van der Waals surface area contributed by atoms with Crippen LogP contribution in [0.25, 0.3) is 5.13 Å². The molecule has 0 saturated heterocycles. The molecule has 8 nitrogen and oxygen atoms in total. The first-order valence-corrected chi connectivity index (χ1v) is 9.72. The third-order valence-electron chi connectivity index (χ3n) is 4.27. The van der Waals surface area contributed by atoms with Crippen LogP contribution >= 0.6 is 11.3 Å². The fourth-order valence-electron chi connectivity index (χ4n) is 2.77. The Balaban J connectivity index is 1.83. The summed E-state index contributed by atoms with van der Waals surface area (Å²) in [6, 6.07) is 8.77. The van der Waals surface area contributed by atoms with Crippen LogP contribution in [0.2, 0.25) is 0 Å². The number of nitrogens with one attached hydrogen (secondary N) is 1. The highest BCUT2D eigenvalue weighted by atomic mass is 32.1. The number of methoxy groups -OCH3 is 2. The van der Waals surface area contributed by atoms with Crippen LogP contribution in [0.1, 0.15) is 24.3 Å². The van der Waals surface area contributed by atoms with Crippen LogP contribution in [0.3, 0.4) is 0 Å². The van der Waals surface area contributed by atoms with Crippen LogP contribution < -0.4 is 19.7 Å². The number of carbonyl (C=O) groups is 1. The Morgan fingerprint density at radius 3 is 2.57 bits per heavy atom. The zero-order chi connectivity index (χ0) is 20.1. The molecule has 1 aromatic carbocycles. The van der Waals surface area contributed by atoms with E-state index in [0.717, 1.165) is 18.2 Å². The number of hydrogen-bond donors (Lipinski definition) is 1. The Bertz CT molecular complexity index is 949. The molecule has 0 aliphatic carbocycles. The van der Waals surface area contributed by atoms with Crippen molar-refractivity contribution in [2.24, 2.45) is 0 Å². The van der Waals surface area contributed by atoms with E-state index < -0.39 is 0 Å². The van der Waals surface area contributed by atoms with E-state index >= 15 is 0 Å². The fraction of sp³-hybridized carbons (Fsp3) is 0.316. The zero-order valence-corrected chi connectivity index (χ0v) is 17.1. The first kappa shape index (κ1) is 19.7. The summed E-state index contributed by atoms with van der Waals surface area (Å²) >= 11 is 1.45. The van der Waals surface area contributed by atoms with Crippen molar-refractivity contribution in [3.8, 4) is 16.6 Å². The predicted molar refractivity (Wildman–Crippen MR) is 110 cm³/mol. The lowest BCUT2D eigenvalue weighted by Gasteiger charge is -2.15. The van der Waals surface area contributed by atoms with Gasteiger partial charge in [-0.25, -0.2) is 0 Å². The number of rotatable bonds is 8. The molecule has 0 aliphatic heterocycles. The molecule has 0 bridgehead atoms. The van der Waals surface area contributed by atoms with Gasteiger partial charge in [0.05, 0.1) is 14.2 Å². The second-order valence-corrected chi connectivity index (χ2v) is 6.76. The van der Waals surface area contributed by atoms with Gasteiger partial charge in [-0.15, -0.1) is 10.2 Å². The molecule has 2 aromatic heterocycles. The van der Waals surface area contributed by atoms with Crippen LogP contribution in [0.5, 0.6) is 11.5 Å². The van der Waals surface area contributed by atoms with Gasteiger partial charge in [-0.05, 0) is 38.1 Å². The van der Waals surface area contributed by atoms with Crippen molar-refractivity contribution in [3.63, 3.8) is 0 Å². The molecule has 0 radical (unpaired) electrons. The summed E-state index contributed by atoms with van der Waals surface area (Å²) in [5.74, 6) is 0.891. The third-order valence-corrected chi connectivity index (χ3v) is 5.25. The van der Waals surface area contributed by atoms with E-state index in [2.05, 4.69) is 34.3 Å². The quantitative estimate of drug-likeness (QED) is 0.623. The van der Waals surface area contributed by atoms with Gasteiger partial charge >= 0.3 is 0 Å². The lowest BCUT2D eigenvalue weighted by atomic mass is 10.2. The van der Waals surface area contributed by atoms with Crippen LogP contribution in [0.4, 0.5) is 10.8 Å². The maximum absolute atomic E-state index is 12.8. The molecule has 0 fully saturated rings. The van der Waals surface area contributed by atoms with Crippen LogP contribution in [0, 0.1) is 0 Å². The van der Waals surface area contributed by atoms with Gasteiger partial charge in [-0.2, -0.15) is 0 Å². The second-order valence-electron chi connectivity index (χ2n) is 5.83. The van der Waals surface area contributed by atoms with Gasteiger partial charge in [-0.1, -0.05) is 11.3 Å². The summed E-state index contributed by atoms with van der Waals surface area (Å²) in [6.07, 6.45) is 1.80. The predicted octanol–water partition coefficient (Wildman–Crippen LogP) is 3.44. The maximum Gasteiger partial charge on any atom is 0.272 e. The summed E-state index contributed by atoms with van der Waals surface area (Å²) in [6.45, 7) is 5.84. The molecule has 0 saturated carbocycles. The normalized spacial score (nSPS) is 10.6. The molecule has 148 valence electrons. The van der Waals surface area contributed by atoms with Crippen molar-refractivity contribution in [3.05, 3.63) is 42.2 Å². The molecule has 3 aromatic rings. The Morgan fingerprint density at radius 1 is 1.14 bits per heavy atom. The van der Waals surface area contributed by atoms with Crippen LogP contribution in [0.15, 0.2) is 36.5 Å². The minimum absolute atomic E-state index is 0.253. The number of benzene rings is 1. The van der Waals surface area contributed by atoms with Crippen molar-refractivity contribution in [2.75, 3.05) is 37.5 Å². The molecule has 0 spiro atoms. The van der Waals surface area contributed by atoms with E-state index in [-0.39, 0.29) is 5.91 Å². The molecule has 3 rings (SSSR count). The number of anilines is 2. The van der Waals surface area contributed by atoms with Crippen LogP contribution in [-0.2, 0) is 0 Å². The lowest BCUT2D eigenvalue weighted by molar-refractivity contribution is 0.102. The monoisotopic (exact) mass is 401 g/mol. The van der Waals surface area contributed by atoms with E-state index in [1.54, 1.807) is 49.2 Å². The van der Waals surface area contributed by atoms with Crippen molar-refractivity contribution in [1.29, 1.82) is 0 Å². The lowest BCUT2D eigenvalue weighted by Crippen LogP contribution is -2.21. The number of ether oxygens (including phenoxy) is 2.